The molecule has 2 aromatic rings. The molecule has 1 amide bonds. The molecule has 11 heteroatoms. The van der Waals surface area contributed by atoms with Crippen molar-refractivity contribution >= 4 is 61.6 Å². The van der Waals surface area contributed by atoms with Crippen molar-refractivity contribution in [3.63, 3.8) is 0 Å². The van der Waals surface area contributed by atoms with Crippen LogP contribution in [-0.2, 0) is 21.1 Å². The summed E-state index contributed by atoms with van der Waals surface area (Å²) in [7, 11) is -0.224. The van der Waals surface area contributed by atoms with Crippen molar-refractivity contribution in [1.29, 1.82) is 0 Å². The molecular formula is C21H20Cl2N2O5S2. The van der Waals surface area contributed by atoms with Gasteiger partial charge in [-0.3, -0.25) is 4.79 Å². The highest BCUT2D eigenvalue weighted by Crippen LogP contribution is 2.46. The summed E-state index contributed by atoms with van der Waals surface area (Å²) in [6, 6.07) is 9.95. The number of ether oxygens (including phenoxy) is 2. The number of hydrogen-bond acceptors (Lipinski definition) is 6. The van der Waals surface area contributed by atoms with E-state index in [2.05, 4.69) is 4.99 Å². The van der Waals surface area contributed by atoms with Gasteiger partial charge in [-0.1, -0.05) is 53.2 Å². The highest BCUT2D eigenvalue weighted by Gasteiger charge is 2.50. The van der Waals surface area contributed by atoms with Crippen LogP contribution in [0.3, 0.4) is 0 Å². The SMILES string of the molecule is COc1cc(OC)c(N2C(=NC(=O)Cc3ccccc3Cl)S[C@@H]3CS(=O)(=O)C[C@@H]32)cc1Cl. The maximum absolute atomic E-state index is 12.8. The minimum absolute atomic E-state index is 0.0166. The molecule has 2 fully saturated rings. The summed E-state index contributed by atoms with van der Waals surface area (Å²) in [4.78, 5) is 18.9. The molecule has 2 atom stereocenters. The van der Waals surface area contributed by atoms with Crippen molar-refractivity contribution in [3.05, 3.63) is 52.0 Å². The van der Waals surface area contributed by atoms with Crippen LogP contribution in [0.5, 0.6) is 11.5 Å². The fraction of sp³-hybridized carbons (Fsp3) is 0.333. The van der Waals surface area contributed by atoms with Gasteiger partial charge in [0.15, 0.2) is 15.0 Å². The first-order chi connectivity index (χ1) is 15.2. The van der Waals surface area contributed by atoms with E-state index in [0.29, 0.717) is 38.0 Å². The summed E-state index contributed by atoms with van der Waals surface area (Å²) in [5.41, 5.74) is 1.20. The summed E-state index contributed by atoms with van der Waals surface area (Å²) in [5, 5.41) is 0.979. The van der Waals surface area contributed by atoms with Crippen molar-refractivity contribution in [1.82, 2.24) is 0 Å². The number of aliphatic imine (C=N–C) groups is 1. The molecule has 0 aliphatic carbocycles. The van der Waals surface area contributed by atoms with Crippen LogP contribution in [-0.4, -0.2) is 56.5 Å². The number of methoxy groups -OCH3 is 2. The second kappa shape index (κ2) is 9.13. The lowest BCUT2D eigenvalue weighted by Crippen LogP contribution is -2.38. The number of thioether (sulfide) groups is 1. The van der Waals surface area contributed by atoms with Gasteiger partial charge < -0.3 is 14.4 Å². The molecule has 0 saturated carbocycles. The number of nitrogens with zero attached hydrogens (tertiary/aromatic N) is 2. The van der Waals surface area contributed by atoms with Gasteiger partial charge in [-0.25, -0.2) is 8.42 Å². The predicted molar refractivity (Wildman–Crippen MR) is 128 cm³/mol. The number of rotatable bonds is 5. The third-order valence-electron chi connectivity index (χ3n) is 5.30. The molecule has 0 bridgehead atoms. The highest BCUT2D eigenvalue weighted by molar-refractivity contribution is 8.16. The first-order valence-electron chi connectivity index (χ1n) is 9.65. The number of carbonyl (C=O) groups is 1. The lowest BCUT2D eigenvalue weighted by molar-refractivity contribution is -0.117. The normalized spacial score (nSPS) is 22.8. The number of sulfone groups is 1. The van der Waals surface area contributed by atoms with E-state index < -0.39 is 15.9 Å². The van der Waals surface area contributed by atoms with Crippen molar-refractivity contribution < 1.29 is 22.7 Å². The summed E-state index contributed by atoms with van der Waals surface area (Å²) in [6.07, 6.45) is 0.0334. The number of anilines is 1. The summed E-state index contributed by atoms with van der Waals surface area (Å²) >= 11 is 13.8. The zero-order chi connectivity index (χ0) is 23.0. The van der Waals surface area contributed by atoms with Crippen molar-refractivity contribution in [2.45, 2.75) is 17.7 Å². The molecule has 2 heterocycles. The van der Waals surface area contributed by atoms with Crippen LogP contribution in [0.25, 0.3) is 0 Å². The highest BCUT2D eigenvalue weighted by atomic mass is 35.5. The van der Waals surface area contributed by atoms with Gasteiger partial charge in [0.2, 0.25) is 0 Å². The Morgan fingerprint density at radius 3 is 2.53 bits per heavy atom. The molecule has 170 valence electrons. The van der Waals surface area contributed by atoms with Gasteiger partial charge in [-0.2, -0.15) is 4.99 Å². The van der Waals surface area contributed by atoms with Crippen LogP contribution in [0, 0.1) is 0 Å². The van der Waals surface area contributed by atoms with Crippen LogP contribution in [0.4, 0.5) is 5.69 Å². The number of fused-ring (bicyclic) bond motifs is 1. The van der Waals surface area contributed by atoms with E-state index in [1.807, 2.05) is 0 Å². The molecule has 0 unspecified atom stereocenters. The number of hydrogen-bond donors (Lipinski definition) is 0. The van der Waals surface area contributed by atoms with Crippen LogP contribution in [0.15, 0.2) is 41.4 Å². The molecule has 2 aromatic carbocycles. The molecule has 0 aromatic heterocycles. The van der Waals surface area contributed by atoms with Crippen molar-refractivity contribution in [3.8, 4) is 11.5 Å². The summed E-state index contributed by atoms with van der Waals surface area (Å²) in [5.74, 6) is 0.441. The zero-order valence-corrected chi connectivity index (χ0v) is 20.4. The molecule has 2 aliphatic heterocycles. The third-order valence-corrected chi connectivity index (χ3v) is 9.17. The average molecular weight is 515 g/mol. The number of amidine groups is 1. The second-order valence-corrected chi connectivity index (χ2v) is 11.6. The summed E-state index contributed by atoms with van der Waals surface area (Å²) in [6.45, 7) is 0. The van der Waals surface area contributed by atoms with Gasteiger partial charge in [0.05, 0.1) is 48.9 Å². The smallest absolute Gasteiger partial charge is 0.252 e. The molecule has 0 spiro atoms. The average Bonchev–Trinajstić information content (AvgIpc) is 3.20. The molecule has 2 saturated heterocycles. The second-order valence-electron chi connectivity index (χ2n) is 7.39. The maximum Gasteiger partial charge on any atom is 0.252 e. The molecule has 0 radical (unpaired) electrons. The van der Waals surface area contributed by atoms with Crippen molar-refractivity contribution in [2.75, 3.05) is 30.6 Å². The largest absolute Gasteiger partial charge is 0.495 e. The Labute approximate surface area is 200 Å². The van der Waals surface area contributed by atoms with E-state index in [-0.39, 0.29) is 29.1 Å². The van der Waals surface area contributed by atoms with Crippen LogP contribution in [0.1, 0.15) is 5.56 Å². The van der Waals surface area contributed by atoms with E-state index >= 15 is 0 Å². The maximum atomic E-state index is 12.8. The molecule has 0 N–H and O–H groups in total. The van der Waals surface area contributed by atoms with E-state index in [0.717, 1.165) is 0 Å². The first-order valence-corrected chi connectivity index (χ1v) is 13.1. The Morgan fingerprint density at radius 1 is 1.12 bits per heavy atom. The summed E-state index contributed by atoms with van der Waals surface area (Å²) < 4.78 is 35.4. The Balaban J connectivity index is 1.74. The molecule has 4 rings (SSSR count). The minimum atomic E-state index is -3.21. The predicted octanol–water partition coefficient (Wildman–Crippen LogP) is 3.85. The minimum Gasteiger partial charge on any atom is -0.495 e. The Kier molecular flexibility index (Phi) is 6.63. The molecule has 2 aliphatic rings. The van der Waals surface area contributed by atoms with E-state index in [4.69, 9.17) is 32.7 Å². The first kappa shape index (κ1) is 23.2. The number of amides is 1. The third kappa shape index (κ3) is 4.57. The monoisotopic (exact) mass is 514 g/mol. The lowest BCUT2D eigenvalue weighted by atomic mass is 10.1. The van der Waals surface area contributed by atoms with Gasteiger partial charge in [0, 0.05) is 16.3 Å². The van der Waals surface area contributed by atoms with Gasteiger partial charge in [-0.05, 0) is 17.7 Å². The molecular weight excluding hydrogens is 495 g/mol. The number of carbonyl (C=O) groups excluding carboxylic acids is 1. The quantitative estimate of drug-likeness (QED) is 0.598. The van der Waals surface area contributed by atoms with Gasteiger partial charge >= 0.3 is 0 Å². The Morgan fingerprint density at radius 2 is 1.84 bits per heavy atom. The standard InChI is InChI=1S/C21H20Cl2N2O5S2/c1-29-17-9-18(30-2)15(8-14(17)23)25-16-10-32(27,28)11-19(16)31-21(25)24-20(26)7-12-5-3-4-6-13(12)22/h3-6,8-9,16,19H,7,10-11H2,1-2H3/t16-,19+/m0/s1. The number of benzene rings is 2. The van der Waals surface area contributed by atoms with Gasteiger partial charge in [0.1, 0.15) is 11.5 Å². The number of halogens is 2. The zero-order valence-electron chi connectivity index (χ0n) is 17.2. The van der Waals surface area contributed by atoms with Gasteiger partial charge in [0.25, 0.3) is 5.91 Å². The van der Waals surface area contributed by atoms with E-state index in [1.165, 1.54) is 26.0 Å². The van der Waals surface area contributed by atoms with Crippen molar-refractivity contribution in [2.24, 2.45) is 4.99 Å². The Bertz CT molecular complexity index is 1200. The molecule has 7 nitrogen and oxygen atoms in total. The molecule has 32 heavy (non-hydrogen) atoms. The van der Waals surface area contributed by atoms with Crippen LogP contribution >= 0.6 is 35.0 Å². The fourth-order valence-corrected chi connectivity index (χ4v) is 8.19. The topological polar surface area (TPSA) is 85.3 Å². The van der Waals surface area contributed by atoms with Crippen LogP contribution in [0.2, 0.25) is 10.0 Å². The lowest BCUT2D eigenvalue weighted by Gasteiger charge is -2.27. The Hall–Kier alpha value is -1.94. The van der Waals surface area contributed by atoms with Crippen LogP contribution < -0.4 is 14.4 Å². The van der Waals surface area contributed by atoms with Gasteiger partial charge in [-0.15, -0.1) is 0 Å². The van der Waals surface area contributed by atoms with E-state index in [9.17, 15) is 13.2 Å². The fourth-order valence-electron chi connectivity index (χ4n) is 3.83. The van der Waals surface area contributed by atoms with E-state index in [1.54, 1.807) is 41.3 Å².